The van der Waals surface area contributed by atoms with Crippen LogP contribution in [0.4, 0.5) is 0 Å². The zero-order chi connectivity index (χ0) is 13.2. The fraction of sp³-hybridized carbons (Fsp3) is 0.429. The van der Waals surface area contributed by atoms with Crippen LogP contribution in [-0.4, -0.2) is 11.3 Å². The van der Waals surface area contributed by atoms with Gasteiger partial charge in [0.2, 0.25) is 0 Å². The minimum atomic E-state index is -1.19. The average molecular weight is 504 g/mol. The Morgan fingerprint density at radius 3 is 2.28 bits per heavy atom. The summed E-state index contributed by atoms with van der Waals surface area (Å²) in [6.45, 7) is 4.93. The van der Waals surface area contributed by atoms with Crippen LogP contribution < -0.4 is 5.30 Å². The van der Waals surface area contributed by atoms with Gasteiger partial charge >= 0.3 is 140 Å². The van der Waals surface area contributed by atoms with Gasteiger partial charge in [0.05, 0.1) is 0 Å². The Bertz CT molecular complexity index is 409. The molecule has 4 heteroatoms. The van der Waals surface area contributed by atoms with E-state index in [9.17, 15) is 0 Å². The van der Waals surface area contributed by atoms with E-state index >= 15 is 0 Å². The van der Waals surface area contributed by atoms with Gasteiger partial charge in [0.1, 0.15) is 0 Å². The van der Waals surface area contributed by atoms with Crippen molar-refractivity contribution in [2.75, 3.05) is 0 Å². The summed E-state index contributed by atoms with van der Waals surface area (Å²) in [4.78, 5) is -1.19. The summed E-state index contributed by atoms with van der Waals surface area (Å²) in [7, 11) is 0. The van der Waals surface area contributed by atoms with Gasteiger partial charge in [-0.2, -0.15) is 0 Å². The molecule has 0 spiro atoms. The third-order valence-corrected chi connectivity index (χ3v) is 19.9. The molecule has 0 N–H and O–H groups in total. The predicted octanol–water partition coefficient (Wildman–Crippen LogP) is 6.29. The molecule has 18 heavy (non-hydrogen) atoms. The van der Waals surface area contributed by atoms with Crippen LogP contribution in [0.1, 0.15) is 26.7 Å². The van der Waals surface area contributed by atoms with Crippen LogP contribution in [-0.2, 0) is 0 Å². The van der Waals surface area contributed by atoms with Crippen molar-refractivity contribution in [2.24, 2.45) is 0 Å². The van der Waals surface area contributed by atoms with Crippen molar-refractivity contribution in [3.8, 4) is 0 Å². The molecule has 1 aliphatic rings. The molecule has 1 saturated heterocycles. The van der Waals surface area contributed by atoms with Gasteiger partial charge in [0, 0.05) is 0 Å². The monoisotopic (exact) mass is 504 g/mol. The van der Waals surface area contributed by atoms with Gasteiger partial charge in [-0.1, -0.05) is 0 Å². The molecular weight excluding hydrogens is 484 g/mol. The van der Waals surface area contributed by atoms with Crippen molar-refractivity contribution in [1.82, 2.24) is 0 Å². The third-order valence-electron chi connectivity index (χ3n) is 4.01. The summed E-state index contributed by atoms with van der Waals surface area (Å²) in [6.07, 6.45) is 2.87. The molecular formula is C14H20I2P2. The van der Waals surface area contributed by atoms with Crippen molar-refractivity contribution in [1.29, 1.82) is 0 Å². The zero-order valence-corrected chi connectivity index (χ0v) is 17.0. The van der Waals surface area contributed by atoms with Crippen LogP contribution in [0, 0.1) is 0 Å². The number of hydrogen-bond donors (Lipinski definition) is 0. The molecule has 3 atom stereocenters. The zero-order valence-electron chi connectivity index (χ0n) is 10.8. The van der Waals surface area contributed by atoms with E-state index in [0.717, 1.165) is 11.3 Å². The molecule has 100 valence electrons. The molecule has 1 fully saturated rings. The molecule has 1 heterocycles. The van der Waals surface area contributed by atoms with E-state index in [-0.39, 0.29) is 5.56 Å². The Kier molecular flexibility index (Phi) is 5.94. The third kappa shape index (κ3) is 3.48. The van der Waals surface area contributed by atoms with Gasteiger partial charge in [-0.15, -0.1) is 0 Å². The maximum absolute atomic E-state index is 2.83. The average Bonchev–Trinajstić information content (AvgIpc) is 2.65. The Morgan fingerprint density at radius 2 is 1.72 bits per heavy atom. The molecule has 0 aromatic heterocycles. The molecule has 0 bridgehead atoms. The second kappa shape index (κ2) is 6.83. The summed E-state index contributed by atoms with van der Waals surface area (Å²) in [6, 6.07) is 10.9. The van der Waals surface area contributed by atoms with Gasteiger partial charge in [-0.05, 0) is 0 Å². The van der Waals surface area contributed by atoms with Crippen molar-refractivity contribution in [3.63, 3.8) is 0 Å². The second-order valence-corrected chi connectivity index (χ2v) is 19.3. The fourth-order valence-electron chi connectivity index (χ4n) is 2.59. The molecule has 1 aromatic carbocycles. The van der Waals surface area contributed by atoms with Crippen molar-refractivity contribution < 1.29 is 0 Å². The summed E-state index contributed by atoms with van der Waals surface area (Å²) < 4.78 is 0. The maximum atomic E-state index is 2.83. The van der Waals surface area contributed by atoms with E-state index in [1.807, 2.05) is 0 Å². The van der Waals surface area contributed by atoms with E-state index < -0.39 is 4.90 Å². The van der Waals surface area contributed by atoms with E-state index in [2.05, 4.69) is 99.9 Å². The molecule has 0 saturated carbocycles. The van der Waals surface area contributed by atoms with Crippen LogP contribution in [0.2, 0.25) is 0 Å². The molecule has 0 nitrogen and oxygen atoms in total. The Labute approximate surface area is 138 Å². The summed E-state index contributed by atoms with van der Waals surface area (Å²) in [5, 5.41) is 1.48. The number of benzene rings is 1. The number of hydrogen-bond acceptors (Lipinski definition) is 0. The van der Waals surface area contributed by atoms with Gasteiger partial charge in [-0.25, -0.2) is 0 Å². The molecule has 0 unspecified atom stereocenters. The van der Waals surface area contributed by atoms with Gasteiger partial charge in [-0.3, -0.25) is 0 Å². The Balaban J connectivity index is 2.11. The summed E-state index contributed by atoms with van der Waals surface area (Å²) >= 11 is 5.44. The first-order chi connectivity index (χ1) is 8.54. The van der Waals surface area contributed by atoms with Crippen molar-refractivity contribution in [3.05, 3.63) is 42.0 Å². The molecule has 1 aliphatic heterocycles. The first kappa shape index (κ1) is 15.7. The predicted molar refractivity (Wildman–Crippen MR) is 107 cm³/mol. The topological polar surface area (TPSA) is 0 Å². The number of halogens is 2. The summed E-state index contributed by atoms with van der Waals surface area (Å²) in [5.41, 5.74) is 1.75. The minimum absolute atomic E-state index is 0.142. The van der Waals surface area contributed by atoms with Gasteiger partial charge < -0.3 is 0 Å². The fourth-order valence-corrected chi connectivity index (χ4v) is 13.2. The van der Waals surface area contributed by atoms with Crippen molar-refractivity contribution >= 4 is 59.9 Å². The SMILES string of the molecule is C[C@H]1CC[C@H](C)[PH]1(I)/C=C\[P@](I)c1ccccc1. The van der Waals surface area contributed by atoms with Gasteiger partial charge in [0.15, 0.2) is 0 Å². The standard InChI is InChI=1S/C14H20I2P2/c1-12-8-9-13(2)18(12,16)11-10-17(15)14-6-4-3-5-7-14/h3-7,10-13,18H,8-9H2,1-2H3/b11-10-/t12-,13-,17-/m0/s1. The van der Waals surface area contributed by atoms with Crippen LogP contribution in [0.5, 0.6) is 0 Å². The van der Waals surface area contributed by atoms with Crippen LogP contribution in [0.15, 0.2) is 42.0 Å². The van der Waals surface area contributed by atoms with E-state index in [0.29, 0.717) is 0 Å². The van der Waals surface area contributed by atoms with E-state index in [1.54, 1.807) is 0 Å². The van der Waals surface area contributed by atoms with Crippen LogP contribution in [0.3, 0.4) is 0 Å². The molecule has 2 rings (SSSR count). The van der Waals surface area contributed by atoms with Gasteiger partial charge in [0.25, 0.3) is 0 Å². The first-order valence-corrected chi connectivity index (χ1v) is 16.0. The Hall–Kier alpha value is 1.28. The second-order valence-electron chi connectivity index (χ2n) is 5.17. The molecule has 1 aromatic rings. The summed E-state index contributed by atoms with van der Waals surface area (Å²) in [5.74, 6) is 5.16. The quantitative estimate of drug-likeness (QED) is 0.336. The van der Waals surface area contributed by atoms with Crippen LogP contribution in [0.25, 0.3) is 0 Å². The molecule has 0 aliphatic carbocycles. The van der Waals surface area contributed by atoms with E-state index in [4.69, 9.17) is 0 Å². The van der Waals surface area contributed by atoms with Crippen molar-refractivity contribution in [2.45, 2.75) is 38.0 Å². The molecule has 0 radical (unpaired) electrons. The van der Waals surface area contributed by atoms with E-state index in [1.165, 1.54) is 18.1 Å². The number of rotatable bonds is 3. The Morgan fingerprint density at radius 1 is 1.17 bits per heavy atom. The first-order valence-electron chi connectivity index (χ1n) is 6.42. The molecule has 0 amide bonds. The van der Waals surface area contributed by atoms with Crippen LogP contribution >= 0.6 is 54.6 Å². The normalized spacial score (nSPS) is 30.4.